The van der Waals surface area contributed by atoms with Crippen LogP contribution in [0.15, 0.2) is 22.6 Å². The first kappa shape index (κ1) is 11.3. The number of nitrogen functional groups attached to an aromatic ring is 1. The van der Waals surface area contributed by atoms with E-state index in [0.29, 0.717) is 17.7 Å². The summed E-state index contributed by atoms with van der Waals surface area (Å²) >= 11 is 0. The minimum Gasteiger partial charge on any atom is -0.423 e. The summed E-state index contributed by atoms with van der Waals surface area (Å²) in [5, 5.41) is 0. The summed E-state index contributed by atoms with van der Waals surface area (Å²) in [5.74, 6) is 0. The second kappa shape index (κ2) is 4.17. The molecule has 1 fully saturated rings. The van der Waals surface area contributed by atoms with Crippen molar-refractivity contribution < 1.29 is 4.42 Å². The Morgan fingerprint density at radius 1 is 1.39 bits per heavy atom. The molecule has 1 aromatic carbocycles. The molecule has 5 heteroatoms. The van der Waals surface area contributed by atoms with Crippen molar-refractivity contribution in [3.8, 4) is 0 Å². The minimum atomic E-state index is 0.513. The molecule has 0 radical (unpaired) electrons. The number of nitrogens with two attached hydrogens (primary N) is 1. The van der Waals surface area contributed by atoms with Gasteiger partial charge >= 0.3 is 0 Å². The lowest BCUT2D eigenvalue weighted by molar-refractivity contribution is 0.229. The van der Waals surface area contributed by atoms with Gasteiger partial charge in [-0.15, -0.1) is 0 Å². The van der Waals surface area contributed by atoms with E-state index < -0.39 is 0 Å². The molecular weight excluding hydrogens is 228 g/mol. The number of hydrogen-bond acceptors (Lipinski definition) is 5. The number of hydrogen-bond donors (Lipinski definition) is 1. The Hall–Kier alpha value is -1.75. The van der Waals surface area contributed by atoms with Gasteiger partial charge in [-0.1, -0.05) is 0 Å². The van der Waals surface area contributed by atoms with E-state index in [1.807, 2.05) is 18.2 Å². The number of anilines is 2. The van der Waals surface area contributed by atoms with E-state index in [1.54, 1.807) is 0 Å². The van der Waals surface area contributed by atoms with Gasteiger partial charge in [0.15, 0.2) is 5.58 Å². The van der Waals surface area contributed by atoms with Crippen LogP contribution in [0.2, 0.25) is 0 Å². The van der Waals surface area contributed by atoms with Crippen LogP contribution in [-0.4, -0.2) is 42.6 Å². The van der Waals surface area contributed by atoms with Gasteiger partial charge in [-0.05, 0) is 26.1 Å². The van der Waals surface area contributed by atoms with Gasteiger partial charge in [0.25, 0.3) is 6.01 Å². The first-order valence-corrected chi connectivity index (χ1v) is 6.25. The maximum atomic E-state index is 5.79. The molecule has 1 saturated heterocycles. The zero-order valence-corrected chi connectivity index (χ0v) is 10.8. The average Bonchev–Trinajstić information content (AvgIpc) is 2.75. The predicted molar refractivity (Wildman–Crippen MR) is 72.7 cm³/mol. The lowest BCUT2D eigenvalue weighted by Crippen LogP contribution is -2.50. The predicted octanol–water partition coefficient (Wildman–Crippen LogP) is 1.55. The van der Waals surface area contributed by atoms with Crippen molar-refractivity contribution in [3.05, 3.63) is 18.2 Å². The number of fused-ring (bicyclic) bond motifs is 1. The molecular formula is C13H18N4O. The fraction of sp³-hybridized carbons (Fsp3) is 0.462. The Morgan fingerprint density at radius 2 is 2.22 bits per heavy atom. The molecule has 1 aromatic heterocycles. The summed E-state index contributed by atoms with van der Waals surface area (Å²) in [4.78, 5) is 9.06. The van der Waals surface area contributed by atoms with E-state index in [0.717, 1.165) is 30.7 Å². The van der Waals surface area contributed by atoms with Crippen LogP contribution in [0.5, 0.6) is 0 Å². The highest BCUT2D eigenvalue weighted by atomic mass is 16.4. The van der Waals surface area contributed by atoms with E-state index in [1.165, 1.54) is 0 Å². The zero-order chi connectivity index (χ0) is 12.7. The number of benzene rings is 1. The van der Waals surface area contributed by atoms with Gasteiger partial charge in [-0.25, -0.2) is 0 Å². The van der Waals surface area contributed by atoms with Crippen LogP contribution in [0.1, 0.15) is 6.92 Å². The standard InChI is InChI=1S/C13H18N4O/c1-9-8-17(6-5-16(9)2)13-15-11-4-3-10(14)7-12(11)18-13/h3-4,7,9H,5-6,8,14H2,1-2H3. The number of aromatic nitrogens is 1. The van der Waals surface area contributed by atoms with Crippen LogP contribution in [0.25, 0.3) is 11.1 Å². The summed E-state index contributed by atoms with van der Waals surface area (Å²) in [5.41, 5.74) is 8.08. The molecule has 3 rings (SSSR count). The molecule has 5 nitrogen and oxygen atoms in total. The Morgan fingerprint density at radius 3 is 3.00 bits per heavy atom. The van der Waals surface area contributed by atoms with Gasteiger partial charge in [-0.2, -0.15) is 4.98 Å². The minimum absolute atomic E-state index is 0.513. The molecule has 0 aliphatic carbocycles. The first-order valence-electron chi connectivity index (χ1n) is 6.25. The lowest BCUT2D eigenvalue weighted by atomic mass is 10.2. The van der Waals surface area contributed by atoms with Crippen molar-refractivity contribution in [1.29, 1.82) is 0 Å². The number of oxazole rings is 1. The van der Waals surface area contributed by atoms with E-state index in [4.69, 9.17) is 10.2 Å². The van der Waals surface area contributed by atoms with Crippen molar-refractivity contribution in [3.63, 3.8) is 0 Å². The van der Waals surface area contributed by atoms with Crippen LogP contribution >= 0.6 is 0 Å². The monoisotopic (exact) mass is 246 g/mol. The molecule has 18 heavy (non-hydrogen) atoms. The highest BCUT2D eigenvalue weighted by Gasteiger charge is 2.24. The Labute approximate surface area is 106 Å². The number of nitrogens with zero attached hydrogens (tertiary/aromatic N) is 3. The molecule has 96 valence electrons. The van der Waals surface area contributed by atoms with Crippen molar-refractivity contribution in [1.82, 2.24) is 9.88 Å². The Balaban J connectivity index is 1.90. The summed E-state index contributed by atoms with van der Waals surface area (Å²) in [7, 11) is 2.15. The maximum Gasteiger partial charge on any atom is 0.298 e. The highest BCUT2D eigenvalue weighted by molar-refractivity contribution is 5.78. The van der Waals surface area contributed by atoms with E-state index in [2.05, 4.69) is 28.8 Å². The van der Waals surface area contributed by atoms with Gasteiger partial charge in [0.1, 0.15) is 5.52 Å². The quantitative estimate of drug-likeness (QED) is 0.774. The maximum absolute atomic E-state index is 5.79. The number of piperazine rings is 1. The molecule has 1 unspecified atom stereocenters. The summed E-state index contributed by atoms with van der Waals surface area (Å²) in [6.07, 6.45) is 0. The van der Waals surface area contributed by atoms with Gasteiger partial charge < -0.3 is 20.0 Å². The van der Waals surface area contributed by atoms with Gasteiger partial charge in [0, 0.05) is 37.4 Å². The molecule has 0 saturated carbocycles. The second-order valence-electron chi connectivity index (χ2n) is 5.00. The summed E-state index contributed by atoms with van der Waals surface area (Å²) in [6.45, 7) is 5.14. The fourth-order valence-corrected chi connectivity index (χ4v) is 2.29. The van der Waals surface area contributed by atoms with Crippen molar-refractivity contribution in [2.24, 2.45) is 0 Å². The van der Waals surface area contributed by atoms with E-state index in [-0.39, 0.29) is 0 Å². The highest BCUT2D eigenvalue weighted by Crippen LogP contribution is 2.25. The van der Waals surface area contributed by atoms with Crippen molar-refractivity contribution in [2.75, 3.05) is 37.3 Å². The normalized spacial score (nSPS) is 21.7. The van der Waals surface area contributed by atoms with Crippen LogP contribution in [0.3, 0.4) is 0 Å². The smallest absolute Gasteiger partial charge is 0.298 e. The van der Waals surface area contributed by atoms with Crippen molar-refractivity contribution in [2.45, 2.75) is 13.0 Å². The second-order valence-corrected chi connectivity index (χ2v) is 5.00. The molecule has 1 aliphatic heterocycles. The third-order valence-electron chi connectivity index (χ3n) is 3.63. The van der Waals surface area contributed by atoms with Crippen LogP contribution in [0, 0.1) is 0 Å². The van der Waals surface area contributed by atoms with Gasteiger partial charge in [0.2, 0.25) is 0 Å². The molecule has 1 aliphatic rings. The summed E-state index contributed by atoms with van der Waals surface area (Å²) in [6, 6.07) is 6.79. The average molecular weight is 246 g/mol. The number of rotatable bonds is 1. The molecule has 1 atom stereocenters. The van der Waals surface area contributed by atoms with E-state index in [9.17, 15) is 0 Å². The van der Waals surface area contributed by atoms with Gasteiger partial charge in [-0.3, -0.25) is 0 Å². The van der Waals surface area contributed by atoms with Crippen LogP contribution < -0.4 is 10.6 Å². The molecule has 2 aromatic rings. The molecule has 0 bridgehead atoms. The van der Waals surface area contributed by atoms with Gasteiger partial charge in [0.05, 0.1) is 0 Å². The van der Waals surface area contributed by atoms with Crippen molar-refractivity contribution >= 4 is 22.8 Å². The Kier molecular flexibility index (Phi) is 2.63. The molecule has 2 heterocycles. The molecule has 2 N–H and O–H groups in total. The van der Waals surface area contributed by atoms with E-state index >= 15 is 0 Å². The molecule has 0 spiro atoms. The topological polar surface area (TPSA) is 58.5 Å². The SMILES string of the molecule is CC1CN(c2nc3ccc(N)cc3o2)CCN1C. The lowest BCUT2D eigenvalue weighted by Gasteiger charge is -2.36. The zero-order valence-electron chi connectivity index (χ0n) is 10.8. The van der Waals surface area contributed by atoms with Crippen LogP contribution in [-0.2, 0) is 0 Å². The third-order valence-corrected chi connectivity index (χ3v) is 3.63. The Bertz CT molecular complexity index is 565. The summed E-state index contributed by atoms with van der Waals surface area (Å²) < 4.78 is 5.79. The largest absolute Gasteiger partial charge is 0.423 e. The van der Waals surface area contributed by atoms with Crippen LogP contribution in [0.4, 0.5) is 11.7 Å². The molecule has 0 amide bonds. The first-order chi connectivity index (χ1) is 8.63. The fourth-order valence-electron chi connectivity index (χ4n) is 2.29. The third kappa shape index (κ3) is 1.90. The number of likely N-dealkylation sites (N-methyl/N-ethyl adjacent to an activating group) is 1.